The van der Waals surface area contributed by atoms with Gasteiger partial charge in [0, 0.05) is 28.8 Å². The van der Waals surface area contributed by atoms with Gasteiger partial charge in [-0.2, -0.15) is 0 Å². The van der Waals surface area contributed by atoms with E-state index in [0.717, 1.165) is 34.1 Å². The maximum Gasteiger partial charge on any atom is 0.315 e. The average Bonchev–Trinajstić information content (AvgIpc) is 3.29. The van der Waals surface area contributed by atoms with Gasteiger partial charge in [0.1, 0.15) is 5.92 Å². The highest BCUT2D eigenvalue weighted by Crippen LogP contribution is 2.27. The Morgan fingerprint density at radius 1 is 1.00 bits per heavy atom. The summed E-state index contributed by atoms with van der Waals surface area (Å²) in [5.74, 6) is -0.650. The fraction of sp³-hybridized carbons (Fsp3) is 0.276. The van der Waals surface area contributed by atoms with E-state index in [1.807, 2.05) is 48.5 Å². The third-order valence-electron chi connectivity index (χ3n) is 6.28. The van der Waals surface area contributed by atoms with Gasteiger partial charge in [-0.3, -0.25) is 4.79 Å². The lowest BCUT2D eigenvalue weighted by molar-refractivity contribution is -0.142. The van der Waals surface area contributed by atoms with E-state index < -0.39 is 12.0 Å². The molecule has 0 bridgehead atoms. The van der Waals surface area contributed by atoms with E-state index in [9.17, 15) is 9.90 Å². The molecule has 1 heterocycles. The van der Waals surface area contributed by atoms with Crippen molar-refractivity contribution >= 4 is 28.5 Å². The molecule has 182 valence electrons. The molecule has 4 aromatic rings. The van der Waals surface area contributed by atoms with Gasteiger partial charge in [-0.05, 0) is 72.2 Å². The SMILES string of the molecule is COC(=O)C(Cc1ccccc1)c1cc2cc(C[C@H](C)NC[C@@H](O)c3cccc(Cl)c3)ccc2[nH]1. The van der Waals surface area contributed by atoms with Crippen LogP contribution in [-0.4, -0.2) is 35.8 Å². The second-order valence-electron chi connectivity index (χ2n) is 9.00. The van der Waals surface area contributed by atoms with Crippen molar-refractivity contribution in [2.45, 2.75) is 37.8 Å². The van der Waals surface area contributed by atoms with Crippen LogP contribution in [-0.2, 0) is 22.4 Å². The van der Waals surface area contributed by atoms with E-state index in [1.54, 1.807) is 12.1 Å². The van der Waals surface area contributed by atoms with E-state index in [0.29, 0.717) is 18.0 Å². The van der Waals surface area contributed by atoms with Crippen LogP contribution >= 0.6 is 11.6 Å². The molecule has 0 amide bonds. The molecule has 1 unspecified atom stereocenters. The lowest BCUT2D eigenvalue weighted by Crippen LogP contribution is -2.32. The van der Waals surface area contributed by atoms with Crippen LogP contribution in [0.4, 0.5) is 0 Å². The number of esters is 1. The highest BCUT2D eigenvalue weighted by atomic mass is 35.5. The molecular weight excluding hydrogens is 460 g/mol. The van der Waals surface area contributed by atoms with Crippen molar-refractivity contribution < 1.29 is 14.6 Å². The van der Waals surface area contributed by atoms with Crippen molar-refractivity contribution in [2.24, 2.45) is 0 Å². The zero-order chi connectivity index (χ0) is 24.8. The van der Waals surface area contributed by atoms with E-state index in [-0.39, 0.29) is 12.0 Å². The van der Waals surface area contributed by atoms with Gasteiger partial charge in [0.05, 0.1) is 13.2 Å². The fourth-order valence-electron chi connectivity index (χ4n) is 4.40. The Labute approximate surface area is 211 Å². The van der Waals surface area contributed by atoms with Crippen LogP contribution in [0, 0.1) is 0 Å². The minimum atomic E-state index is -0.620. The van der Waals surface area contributed by atoms with E-state index in [1.165, 1.54) is 12.7 Å². The van der Waals surface area contributed by atoms with Crippen LogP contribution < -0.4 is 5.32 Å². The van der Waals surface area contributed by atoms with Gasteiger partial charge in [0.15, 0.2) is 0 Å². The first-order valence-corrected chi connectivity index (χ1v) is 12.2. The monoisotopic (exact) mass is 490 g/mol. The molecule has 0 aliphatic heterocycles. The van der Waals surface area contributed by atoms with Crippen LogP contribution in [0.3, 0.4) is 0 Å². The molecule has 35 heavy (non-hydrogen) atoms. The number of aliphatic hydroxyl groups excluding tert-OH is 1. The summed E-state index contributed by atoms with van der Waals surface area (Å²) in [7, 11) is 1.43. The smallest absolute Gasteiger partial charge is 0.315 e. The molecule has 0 spiro atoms. The van der Waals surface area contributed by atoms with Gasteiger partial charge in [0.25, 0.3) is 0 Å². The summed E-state index contributed by atoms with van der Waals surface area (Å²) in [5.41, 5.74) is 4.90. The summed E-state index contributed by atoms with van der Waals surface area (Å²) >= 11 is 6.03. The highest BCUT2D eigenvalue weighted by Gasteiger charge is 2.24. The molecule has 1 aromatic heterocycles. The third kappa shape index (κ3) is 6.51. The molecule has 0 aliphatic carbocycles. The Balaban J connectivity index is 1.43. The van der Waals surface area contributed by atoms with Gasteiger partial charge < -0.3 is 20.1 Å². The second-order valence-corrected chi connectivity index (χ2v) is 9.43. The van der Waals surface area contributed by atoms with Crippen molar-refractivity contribution in [3.05, 3.63) is 106 Å². The van der Waals surface area contributed by atoms with Gasteiger partial charge in [-0.15, -0.1) is 0 Å². The number of rotatable bonds is 10. The Bertz CT molecular complexity index is 1270. The quantitative estimate of drug-likeness (QED) is 0.254. The Morgan fingerprint density at radius 3 is 2.54 bits per heavy atom. The maximum absolute atomic E-state index is 12.6. The molecule has 3 N–H and O–H groups in total. The number of H-pyrrole nitrogens is 1. The Morgan fingerprint density at radius 2 is 1.80 bits per heavy atom. The summed E-state index contributed by atoms with van der Waals surface area (Å²) in [4.78, 5) is 16.0. The predicted molar refractivity (Wildman–Crippen MR) is 141 cm³/mol. The number of aliphatic hydroxyl groups is 1. The van der Waals surface area contributed by atoms with Gasteiger partial charge >= 0.3 is 5.97 Å². The normalized spacial score (nSPS) is 13.9. The number of ether oxygens (including phenoxy) is 1. The van der Waals surface area contributed by atoms with Crippen LogP contribution in [0.25, 0.3) is 10.9 Å². The topological polar surface area (TPSA) is 74.3 Å². The van der Waals surface area contributed by atoms with E-state index in [4.69, 9.17) is 16.3 Å². The lowest BCUT2D eigenvalue weighted by Gasteiger charge is -2.18. The highest BCUT2D eigenvalue weighted by molar-refractivity contribution is 6.30. The number of carbonyl (C=O) groups excluding carboxylic acids is 1. The molecule has 0 saturated carbocycles. The van der Waals surface area contributed by atoms with Crippen LogP contribution in [0.1, 0.15) is 41.3 Å². The molecule has 0 radical (unpaired) electrons. The number of benzene rings is 3. The minimum Gasteiger partial charge on any atom is -0.468 e. The summed E-state index contributed by atoms with van der Waals surface area (Å²) in [5, 5.41) is 15.6. The van der Waals surface area contributed by atoms with Crippen molar-refractivity contribution in [2.75, 3.05) is 13.7 Å². The van der Waals surface area contributed by atoms with Crippen LogP contribution in [0.5, 0.6) is 0 Å². The second kappa shape index (κ2) is 11.5. The molecular formula is C29H31ClN2O3. The lowest BCUT2D eigenvalue weighted by atomic mass is 9.96. The summed E-state index contributed by atoms with van der Waals surface area (Å²) in [6, 6.07) is 25.8. The zero-order valence-electron chi connectivity index (χ0n) is 20.0. The Kier molecular flexibility index (Phi) is 8.24. The Hall–Kier alpha value is -3.12. The van der Waals surface area contributed by atoms with Crippen molar-refractivity contribution in [3.8, 4) is 0 Å². The zero-order valence-corrected chi connectivity index (χ0v) is 20.8. The van der Waals surface area contributed by atoms with E-state index >= 15 is 0 Å². The number of carbonyl (C=O) groups is 1. The van der Waals surface area contributed by atoms with Crippen molar-refractivity contribution in [3.63, 3.8) is 0 Å². The fourth-order valence-corrected chi connectivity index (χ4v) is 4.60. The number of methoxy groups -OCH3 is 1. The molecule has 5 nitrogen and oxygen atoms in total. The molecule has 6 heteroatoms. The summed E-state index contributed by atoms with van der Waals surface area (Å²) < 4.78 is 5.10. The molecule has 3 aromatic carbocycles. The molecule has 4 rings (SSSR count). The molecule has 3 atom stereocenters. The largest absolute Gasteiger partial charge is 0.468 e. The number of aromatic nitrogens is 1. The number of aromatic amines is 1. The summed E-state index contributed by atoms with van der Waals surface area (Å²) in [6.45, 7) is 2.54. The molecule has 0 saturated heterocycles. The van der Waals surface area contributed by atoms with Gasteiger partial charge in [-0.25, -0.2) is 0 Å². The number of nitrogens with one attached hydrogen (secondary N) is 2. The first-order valence-electron chi connectivity index (χ1n) is 11.8. The summed E-state index contributed by atoms with van der Waals surface area (Å²) in [6.07, 6.45) is 0.762. The van der Waals surface area contributed by atoms with E-state index in [2.05, 4.69) is 35.4 Å². The maximum atomic E-state index is 12.6. The molecule has 0 fully saturated rings. The third-order valence-corrected chi connectivity index (χ3v) is 6.52. The number of halogens is 1. The minimum absolute atomic E-state index is 0.167. The predicted octanol–water partition coefficient (Wildman–Crippen LogP) is 5.57. The van der Waals surface area contributed by atoms with Gasteiger partial charge in [-0.1, -0.05) is 60.1 Å². The first-order chi connectivity index (χ1) is 16.9. The van der Waals surface area contributed by atoms with Crippen molar-refractivity contribution in [1.82, 2.24) is 10.3 Å². The number of hydrogen-bond acceptors (Lipinski definition) is 4. The average molecular weight is 491 g/mol. The van der Waals surface area contributed by atoms with Crippen molar-refractivity contribution in [1.29, 1.82) is 0 Å². The number of fused-ring (bicyclic) bond motifs is 1. The first kappa shape index (κ1) is 25.0. The number of hydrogen-bond donors (Lipinski definition) is 3. The van der Waals surface area contributed by atoms with Gasteiger partial charge in [0.2, 0.25) is 0 Å². The standard InChI is InChI=1S/C29H31ClN2O3/c1-19(31-18-28(33)22-9-6-10-24(30)16-22)13-21-11-12-26-23(14-21)17-27(32-26)25(29(34)35-2)15-20-7-4-3-5-8-20/h3-12,14,16-17,19,25,28,31-33H,13,15,18H2,1-2H3/t19-,25?,28+/m0/s1. The van der Waals surface area contributed by atoms with Crippen LogP contribution in [0.2, 0.25) is 5.02 Å². The van der Waals surface area contributed by atoms with Crippen LogP contribution in [0.15, 0.2) is 78.9 Å². The molecule has 0 aliphatic rings.